The first-order valence-corrected chi connectivity index (χ1v) is 8.31. The van der Waals surface area contributed by atoms with Crippen LogP contribution in [0.5, 0.6) is 0 Å². The summed E-state index contributed by atoms with van der Waals surface area (Å²) < 4.78 is 14.3. The van der Waals surface area contributed by atoms with Crippen molar-refractivity contribution in [3.63, 3.8) is 0 Å². The molecule has 1 aromatic heterocycles. The normalized spacial score (nSPS) is 10.3. The Hall–Kier alpha value is -1.73. The average Bonchev–Trinajstić information content (AvgIpc) is 3.02. The Balaban J connectivity index is 1.72. The molecule has 0 aliphatic rings. The Morgan fingerprint density at radius 1 is 1.23 bits per heavy atom. The summed E-state index contributed by atoms with van der Waals surface area (Å²) in [4.78, 5) is 23.3. The Morgan fingerprint density at radius 3 is 2.77 bits per heavy atom. The summed E-state index contributed by atoms with van der Waals surface area (Å²) in [5, 5.41) is 8.84. The molecule has 0 fully saturated rings. The molecular formula is C15H14BrFN2O2S. The lowest BCUT2D eigenvalue weighted by Gasteiger charge is -2.07. The van der Waals surface area contributed by atoms with Gasteiger partial charge in [0.2, 0.25) is 5.91 Å². The number of thiophene rings is 1. The van der Waals surface area contributed by atoms with Gasteiger partial charge in [0.15, 0.2) is 0 Å². The molecule has 1 heterocycles. The van der Waals surface area contributed by atoms with Gasteiger partial charge in [-0.25, -0.2) is 4.39 Å². The van der Waals surface area contributed by atoms with E-state index in [9.17, 15) is 14.0 Å². The van der Waals surface area contributed by atoms with Crippen molar-refractivity contribution < 1.29 is 14.0 Å². The SMILES string of the molecule is O=C(CCNC(=O)c1ccsc1)NCc1cc(Br)ccc1F. The maximum absolute atomic E-state index is 13.5. The fourth-order valence-electron chi connectivity index (χ4n) is 1.75. The molecule has 0 saturated heterocycles. The molecule has 0 aliphatic carbocycles. The highest BCUT2D eigenvalue weighted by molar-refractivity contribution is 9.10. The van der Waals surface area contributed by atoms with Gasteiger partial charge in [0.1, 0.15) is 5.82 Å². The van der Waals surface area contributed by atoms with Gasteiger partial charge < -0.3 is 10.6 Å². The summed E-state index contributed by atoms with van der Waals surface area (Å²) in [6.45, 7) is 0.351. The van der Waals surface area contributed by atoms with E-state index in [-0.39, 0.29) is 37.1 Å². The van der Waals surface area contributed by atoms with Gasteiger partial charge in [0.25, 0.3) is 5.91 Å². The molecule has 2 amide bonds. The molecule has 2 aromatic rings. The number of carbonyl (C=O) groups is 2. The van der Waals surface area contributed by atoms with Crippen molar-refractivity contribution >= 4 is 39.1 Å². The summed E-state index contributed by atoms with van der Waals surface area (Å²) in [6.07, 6.45) is 0.144. The minimum absolute atomic E-state index is 0.114. The van der Waals surface area contributed by atoms with Gasteiger partial charge in [0, 0.05) is 40.5 Å². The van der Waals surface area contributed by atoms with Crippen LogP contribution >= 0.6 is 27.3 Å². The minimum atomic E-state index is -0.366. The lowest BCUT2D eigenvalue weighted by molar-refractivity contribution is -0.121. The minimum Gasteiger partial charge on any atom is -0.352 e. The lowest BCUT2D eigenvalue weighted by Crippen LogP contribution is -2.30. The van der Waals surface area contributed by atoms with Gasteiger partial charge in [-0.1, -0.05) is 15.9 Å². The van der Waals surface area contributed by atoms with E-state index < -0.39 is 0 Å². The second-order valence-electron chi connectivity index (χ2n) is 4.53. The van der Waals surface area contributed by atoms with Gasteiger partial charge in [-0.15, -0.1) is 0 Å². The Bertz CT molecular complexity index is 662. The fraction of sp³-hybridized carbons (Fsp3) is 0.200. The quantitative estimate of drug-likeness (QED) is 0.803. The zero-order valence-corrected chi connectivity index (χ0v) is 14.0. The van der Waals surface area contributed by atoms with Crippen molar-refractivity contribution in [2.24, 2.45) is 0 Å². The highest BCUT2D eigenvalue weighted by Crippen LogP contribution is 2.15. The smallest absolute Gasteiger partial charge is 0.252 e. The number of benzene rings is 1. The van der Waals surface area contributed by atoms with Crippen LogP contribution in [0.15, 0.2) is 39.5 Å². The van der Waals surface area contributed by atoms with E-state index in [0.29, 0.717) is 11.1 Å². The van der Waals surface area contributed by atoms with E-state index in [1.165, 1.54) is 17.4 Å². The van der Waals surface area contributed by atoms with E-state index in [2.05, 4.69) is 26.6 Å². The summed E-state index contributed by atoms with van der Waals surface area (Å²) >= 11 is 4.69. The van der Waals surface area contributed by atoms with Crippen LogP contribution in [0.1, 0.15) is 22.3 Å². The Labute approximate surface area is 139 Å². The van der Waals surface area contributed by atoms with Crippen LogP contribution in [0, 0.1) is 5.82 Å². The standard InChI is InChI=1S/C15H14BrFN2O2S/c16-12-1-2-13(17)11(7-12)8-19-14(20)3-5-18-15(21)10-4-6-22-9-10/h1-2,4,6-7,9H,3,5,8H2,(H,18,21)(H,19,20). The van der Waals surface area contributed by atoms with E-state index in [0.717, 1.165) is 4.47 Å². The lowest BCUT2D eigenvalue weighted by atomic mass is 10.2. The number of amides is 2. The molecule has 0 unspecified atom stereocenters. The number of nitrogens with one attached hydrogen (secondary N) is 2. The van der Waals surface area contributed by atoms with Crippen LogP contribution in [0.25, 0.3) is 0 Å². The summed E-state index contributed by atoms with van der Waals surface area (Å²) in [6, 6.07) is 6.28. The third-order valence-electron chi connectivity index (χ3n) is 2.90. The van der Waals surface area contributed by atoms with E-state index in [4.69, 9.17) is 0 Å². The Kier molecular flexibility index (Phi) is 6.09. The monoisotopic (exact) mass is 384 g/mol. The maximum atomic E-state index is 13.5. The van der Waals surface area contributed by atoms with Crippen molar-refractivity contribution in [2.45, 2.75) is 13.0 Å². The number of carbonyl (C=O) groups excluding carboxylic acids is 2. The number of rotatable bonds is 6. The summed E-state index contributed by atoms with van der Waals surface area (Å²) in [7, 11) is 0. The first-order chi connectivity index (χ1) is 10.6. The van der Waals surface area contributed by atoms with Gasteiger partial charge >= 0.3 is 0 Å². The molecule has 0 spiro atoms. The van der Waals surface area contributed by atoms with Crippen molar-refractivity contribution in [1.82, 2.24) is 10.6 Å². The van der Waals surface area contributed by atoms with Gasteiger partial charge in [-0.2, -0.15) is 11.3 Å². The van der Waals surface area contributed by atoms with Crippen LogP contribution in [0.4, 0.5) is 4.39 Å². The molecule has 2 N–H and O–H groups in total. The topological polar surface area (TPSA) is 58.2 Å². The maximum Gasteiger partial charge on any atom is 0.252 e. The molecule has 116 valence electrons. The van der Waals surface area contributed by atoms with E-state index >= 15 is 0 Å². The molecule has 0 aliphatic heterocycles. The van der Waals surface area contributed by atoms with Crippen LogP contribution in [0.3, 0.4) is 0 Å². The van der Waals surface area contributed by atoms with Gasteiger partial charge in [0.05, 0.1) is 0 Å². The highest BCUT2D eigenvalue weighted by Gasteiger charge is 2.08. The molecule has 0 radical (unpaired) electrons. The zero-order valence-electron chi connectivity index (χ0n) is 11.6. The first-order valence-electron chi connectivity index (χ1n) is 6.57. The summed E-state index contributed by atoms with van der Waals surface area (Å²) in [5.41, 5.74) is 0.992. The third-order valence-corrected chi connectivity index (χ3v) is 4.08. The third kappa shape index (κ3) is 4.92. The van der Waals surface area contributed by atoms with Crippen LogP contribution in [-0.2, 0) is 11.3 Å². The second kappa shape index (κ2) is 8.05. The molecule has 0 bridgehead atoms. The molecule has 7 heteroatoms. The van der Waals surface area contributed by atoms with Crippen LogP contribution in [-0.4, -0.2) is 18.4 Å². The largest absolute Gasteiger partial charge is 0.352 e. The second-order valence-corrected chi connectivity index (χ2v) is 6.23. The van der Waals surface area contributed by atoms with Crippen molar-refractivity contribution in [3.8, 4) is 0 Å². The fourth-order valence-corrected chi connectivity index (χ4v) is 2.79. The predicted octanol–water partition coefficient (Wildman–Crippen LogP) is 3.09. The number of hydrogen-bond acceptors (Lipinski definition) is 3. The highest BCUT2D eigenvalue weighted by atomic mass is 79.9. The molecule has 4 nitrogen and oxygen atoms in total. The van der Waals surface area contributed by atoms with Gasteiger partial charge in [-0.05, 0) is 29.6 Å². The number of hydrogen-bond donors (Lipinski definition) is 2. The Morgan fingerprint density at radius 2 is 2.05 bits per heavy atom. The van der Waals surface area contributed by atoms with Crippen LogP contribution < -0.4 is 10.6 Å². The predicted molar refractivity (Wildman–Crippen MR) is 87.2 cm³/mol. The van der Waals surface area contributed by atoms with Crippen LogP contribution in [0.2, 0.25) is 0 Å². The first kappa shape index (κ1) is 16.6. The molecular weight excluding hydrogens is 371 g/mol. The molecule has 0 saturated carbocycles. The van der Waals surface area contributed by atoms with Crippen molar-refractivity contribution in [3.05, 3.63) is 56.4 Å². The zero-order chi connectivity index (χ0) is 15.9. The summed E-state index contributed by atoms with van der Waals surface area (Å²) in [5.74, 6) is -0.814. The molecule has 22 heavy (non-hydrogen) atoms. The van der Waals surface area contributed by atoms with Gasteiger partial charge in [-0.3, -0.25) is 9.59 Å². The van der Waals surface area contributed by atoms with Crippen molar-refractivity contribution in [1.29, 1.82) is 0 Å². The van der Waals surface area contributed by atoms with Crippen molar-refractivity contribution in [2.75, 3.05) is 6.54 Å². The average molecular weight is 385 g/mol. The molecule has 1 aromatic carbocycles. The molecule has 2 rings (SSSR count). The number of halogens is 2. The van der Waals surface area contributed by atoms with E-state index in [1.807, 2.05) is 5.38 Å². The molecule has 0 atom stereocenters. The van der Waals surface area contributed by atoms with E-state index in [1.54, 1.807) is 23.6 Å².